The third kappa shape index (κ3) is 6.05. The molecule has 0 spiro atoms. The lowest BCUT2D eigenvalue weighted by Gasteiger charge is -2.14. The summed E-state index contributed by atoms with van der Waals surface area (Å²) in [5.74, 6) is -0.807. The fraction of sp³-hybridized carbons (Fsp3) is 0.130. The summed E-state index contributed by atoms with van der Waals surface area (Å²) < 4.78 is 5.52. The van der Waals surface area contributed by atoms with Crippen molar-refractivity contribution in [2.45, 2.75) is 6.42 Å². The zero-order chi connectivity index (χ0) is 22.9. The smallest absolute Gasteiger partial charge is 0.273 e. The minimum absolute atomic E-state index is 0.0220. The molecule has 3 rings (SSSR count). The van der Waals surface area contributed by atoms with Gasteiger partial charge in [0, 0.05) is 13.0 Å². The van der Waals surface area contributed by atoms with Crippen LogP contribution in [-0.4, -0.2) is 40.6 Å². The highest BCUT2D eigenvalue weighted by molar-refractivity contribution is 8.26. The summed E-state index contributed by atoms with van der Waals surface area (Å²) in [6.45, 7) is 0.112. The highest BCUT2D eigenvalue weighted by atomic mass is 32.2. The van der Waals surface area contributed by atoms with Gasteiger partial charge in [-0.15, -0.1) is 0 Å². The molecule has 32 heavy (non-hydrogen) atoms. The van der Waals surface area contributed by atoms with E-state index in [2.05, 4.69) is 10.9 Å². The first kappa shape index (κ1) is 23.2. The number of ether oxygens (including phenoxy) is 1. The average molecular weight is 468 g/mol. The summed E-state index contributed by atoms with van der Waals surface area (Å²) in [7, 11) is 1.46. The van der Waals surface area contributed by atoms with Crippen molar-refractivity contribution in [1.82, 2.24) is 15.8 Å². The average Bonchev–Trinajstić information content (AvgIpc) is 3.09. The topological polar surface area (TPSA) is 87.7 Å². The number of allylic oxidation sites excluding steroid dienone is 2. The highest BCUT2D eigenvalue weighted by Crippen LogP contribution is 2.31. The van der Waals surface area contributed by atoms with E-state index in [1.54, 1.807) is 36.4 Å². The first-order valence-corrected chi connectivity index (χ1v) is 10.9. The normalized spacial score (nSPS) is 14.8. The molecule has 1 aliphatic rings. The zero-order valence-electron chi connectivity index (χ0n) is 17.2. The summed E-state index contributed by atoms with van der Waals surface area (Å²) in [5, 5.41) is 0. The number of thioether (sulfide) groups is 1. The summed E-state index contributed by atoms with van der Waals surface area (Å²) in [5.41, 5.74) is 6.00. The first-order chi connectivity index (χ1) is 15.5. The fourth-order valence-corrected chi connectivity index (χ4v) is 4.08. The Morgan fingerprint density at radius 3 is 2.56 bits per heavy atom. The molecule has 1 fully saturated rings. The van der Waals surface area contributed by atoms with Crippen LogP contribution in [-0.2, 0) is 9.59 Å². The van der Waals surface area contributed by atoms with Crippen LogP contribution in [0.25, 0.3) is 6.08 Å². The van der Waals surface area contributed by atoms with Gasteiger partial charge >= 0.3 is 0 Å². The van der Waals surface area contributed by atoms with E-state index in [9.17, 15) is 14.4 Å². The number of hydrogen-bond acceptors (Lipinski definition) is 6. The van der Waals surface area contributed by atoms with Crippen LogP contribution in [0.15, 0.2) is 71.7 Å². The van der Waals surface area contributed by atoms with Crippen LogP contribution in [0.2, 0.25) is 0 Å². The molecule has 3 amide bonds. The van der Waals surface area contributed by atoms with Crippen molar-refractivity contribution in [1.29, 1.82) is 0 Å². The van der Waals surface area contributed by atoms with Crippen LogP contribution in [0, 0.1) is 0 Å². The van der Waals surface area contributed by atoms with Crippen LogP contribution in [0.5, 0.6) is 5.75 Å². The second-order valence-corrected chi connectivity index (χ2v) is 8.25. The van der Waals surface area contributed by atoms with Crippen molar-refractivity contribution in [2.75, 3.05) is 13.7 Å². The Morgan fingerprint density at radius 1 is 1.09 bits per heavy atom. The molecule has 2 aromatic rings. The van der Waals surface area contributed by atoms with Gasteiger partial charge in [0.1, 0.15) is 10.1 Å². The van der Waals surface area contributed by atoms with Gasteiger partial charge in [0.15, 0.2) is 0 Å². The number of hydrogen-bond donors (Lipinski definition) is 2. The number of carbonyl (C=O) groups is 3. The van der Waals surface area contributed by atoms with Gasteiger partial charge in [-0.05, 0) is 23.8 Å². The Morgan fingerprint density at radius 2 is 1.81 bits per heavy atom. The van der Waals surface area contributed by atoms with Crippen molar-refractivity contribution < 1.29 is 19.1 Å². The van der Waals surface area contributed by atoms with Crippen molar-refractivity contribution in [3.05, 3.63) is 82.8 Å². The highest BCUT2D eigenvalue weighted by Gasteiger charge is 2.31. The van der Waals surface area contributed by atoms with Gasteiger partial charge in [-0.25, -0.2) is 0 Å². The maximum absolute atomic E-state index is 12.6. The van der Waals surface area contributed by atoms with Crippen molar-refractivity contribution >= 4 is 52.1 Å². The number of nitrogens with zero attached hydrogens (tertiary/aromatic N) is 1. The molecule has 1 heterocycles. The van der Waals surface area contributed by atoms with Gasteiger partial charge < -0.3 is 4.74 Å². The Labute approximate surface area is 195 Å². The molecule has 2 N–H and O–H groups in total. The summed E-state index contributed by atoms with van der Waals surface area (Å²) >= 11 is 6.47. The molecule has 0 radical (unpaired) electrons. The lowest BCUT2D eigenvalue weighted by Crippen LogP contribution is -2.43. The quantitative estimate of drug-likeness (QED) is 0.369. The number of methoxy groups -OCH3 is 1. The number of carbonyl (C=O) groups excluding carboxylic acids is 3. The molecule has 0 aromatic heterocycles. The van der Waals surface area contributed by atoms with E-state index in [4.69, 9.17) is 17.0 Å². The van der Waals surface area contributed by atoms with E-state index in [0.29, 0.717) is 20.5 Å². The third-order valence-corrected chi connectivity index (χ3v) is 5.83. The lowest BCUT2D eigenvalue weighted by atomic mass is 10.2. The standard InChI is InChI=1S/C23H21N3O4S2/c1-30-18-12-6-5-11-17(18)21(28)25-24-20(27)14-15-26-22(29)19(32-23(26)31)13-7-10-16-8-3-2-4-9-16/h2-13H,14-15H2,1H3,(H,24,27)(H,25,28)/b10-7+,19-13-. The van der Waals surface area contributed by atoms with Gasteiger partial charge in [-0.2, -0.15) is 0 Å². The number of hydrazine groups is 1. The third-order valence-electron chi connectivity index (χ3n) is 4.44. The van der Waals surface area contributed by atoms with E-state index < -0.39 is 11.8 Å². The van der Waals surface area contributed by atoms with Crippen LogP contribution in [0.3, 0.4) is 0 Å². The molecule has 1 aliphatic heterocycles. The first-order valence-electron chi connectivity index (χ1n) is 9.69. The molecule has 0 aliphatic carbocycles. The number of thiocarbonyl (C=S) groups is 1. The molecule has 164 valence electrons. The summed E-state index contributed by atoms with van der Waals surface area (Å²) in [6.07, 6.45) is 5.37. The van der Waals surface area contributed by atoms with E-state index in [1.165, 1.54) is 23.8 Å². The van der Waals surface area contributed by atoms with E-state index in [1.807, 2.05) is 36.4 Å². The Balaban J connectivity index is 1.49. The number of rotatable bonds is 7. The second-order valence-electron chi connectivity index (χ2n) is 6.58. The second kappa shape index (κ2) is 11.3. The number of nitrogens with one attached hydrogen (secondary N) is 2. The lowest BCUT2D eigenvalue weighted by molar-refractivity contribution is -0.124. The van der Waals surface area contributed by atoms with Gasteiger partial charge in [0.2, 0.25) is 5.91 Å². The van der Waals surface area contributed by atoms with E-state index in [0.717, 1.165) is 5.56 Å². The van der Waals surface area contributed by atoms with Crippen molar-refractivity contribution in [2.24, 2.45) is 0 Å². The Bertz CT molecular complexity index is 1080. The zero-order valence-corrected chi connectivity index (χ0v) is 18.9. The number of para-hydroxylation sites is 1. The maximum Gasteiger partial charge on any atom is 0.273 e. The van der Waals surface area contributed by atoms with Crippen molar-refractivity contribution in [3.8, 4) is 5.75 Å². The molecule has 0 unspecified atom stereocenters. The minimum atomic E-state index is -0.505. The predicted molar refractivity (Wildman–Crippen MR) is 129 cm³/mol. The van der Waals surface area contributed by atoms with E-state index >= 15 is 0 Å². The predicted octanol–water partition coefficient (Wildman–Crippen LogP) is 3.30. The van der Waals surface area contributed by atoms with Crippen LogP contribution in [0.1, 0.15) is 22.3 Å². The van der Waals surface area contributed by atoms with Gasteiger partial charge in [-0.1, -0.05) is 78.6 Å². The molecule has 7 nitrogen and oxygen atoms in total. The SMILES string of the molecule is COc1ccccc1C(=O)NNC(=O)CCN1C(=O)/C(=C/C=C/c2ccccc2)SC1=S. The van der Waals surface area contributed by atoms with Gasteiger partial charge in [0.25, 0.3) is 11.8 Å². The van der Waals surface area contributed by atoms with Crippen LogP contribution >= 0.6 is 24.0 Å². The summed E-state index contributed by atoms with van der Waals surface area (Å²) in [6, 6.07) is 16.4. The van der Waals surface area contributed by atoms with Crippen LogP contribution < -0.4 is 15.6 Å². The minimum Gasteiger partial charge on any atom is -0.496 e. The molecule has 1 saturated heterocycles. The number of amides is 3. The fourth-order valence-electron chi connectivity index (χ4n) is 2.82. The Hall–Kier alpha value is -3.43. The van der Waals surface area contributed by atoms with E-state index in [-0.39, 0.29) is 18.9 Å². The molecule has 0 atom stereocenters. The molecule has 0 saturated carbocycles. The van der Waals surface area contributed by atoms with Gasteiger partial charge in [0.05, 0.1) is 17.6 Å². The molecular formula is C23H21N3O4S2. The molecule has 9 heteroatoms. The monoisotopic (exact) mass is 467 g/mol. The van der Waals surface area contributed by atoms with Gasteiger partial charge in [-0.3, -0.25) is 30.1 Å². The number of benzene rings is 2. The molecular weight excluding hydrogens is 446 g/mol. The molecule has 2 aromatic carbocycles. The Kier molecular flexibility index (Phi) is 8.18. The maximum atomic E-state index is 12.6. The largest absolute Gasteiger partial charge is 0.496 e. The molecule has 0 bridgehead atoms. The summed E-state index contributed by atoms with van der Waals surface area (Å²) in [4.78, 5) is 38.8. The van der Waals surface area contributed by atoms with Crippen molar-refractivity contribution in [3.63, 3.8) is 0 Å². The van der Waals surface area contributed by atoms with Crippen LogP contribution in [0.4, 0.5) is 0 Å².